The molecule has 0 bridgehead atoms. The lowest BCUT2D eigenvalue weighted by Crippen LogP contribution is -2.25. The van der Waals surface area contributed by atoms with Crippen LogP contribution in [-0.4, -0.2) is 12.8 Å². The van der Waals surface area contributed by atoms with Gasteiger partial charge in [0.2, 0.25) is 0 Å². The summed E-state index contributed by atoms with van der Waals surface area (Å²) in [4.78, 5) is 15.2. The fraction of sp³-hybridized carbons (Fsp3) is 0.0667. The number of para-hydroxylation sites is 1. The fourth-order valence-corrected chi connectivity index (χ4v) is 2.22. The molecular formula is C15H10FNO. The highest BCUT2D eigenvalue weighted by Crippen LogP contribution is 2.18. The minimum absolute atomic E-state index is 0.277. The van der Waals surface area contributed by atoms with Crippen molar-refractivity contribution in [1.29, 1.82) is 0 Å². The first-order valence-electron chi connectivity index (χ1n) is 5.68. The van der Waals surface area contributed by atoms with E-state index in [-0.39, 0.29) is 5.82 Å². The number of benzene rings is 2. The molecule has 0 saturated heterocycles. The molecule has 88 valence electrons. The average Bonchev–Trinajstić information content (AvgIpc) is 2.82. The Labute approximate surface area is 103 Å². The molecule has 2 aromatic rings. The SMILES string of the molecule is O=CC1=c2cccc(-c3ccccc3F)c2=NC1. The van der Waals surface area contributed by atoms with Gasteiger partial charge >= 0.3 is 0 Å². The Hall–Kier alpha value is -2.29. The Balaban J connectivity index is 2.36. The molecule has 0 saturated carbocycles. The lowest BCUT2D eigenvalue weighted by atomic mass is 10.0. The average molecular weight is 239 g/mol. The highest BCUT2D eigenvalue weighted by Gasteiger charge is 2.12. The molecule has 2 aromatic carbocycles. The van der Waals surface area contributed by atoms with E-state index in [9.17, 15) is 9.18 Å². The van der Waals surface area contributed by atoms with Crippen LogP contribution in [0.5, 0.6) is 0 Å². The largest absolute Gasteiger partial charge is 0.298 e. The number of fused-ring (bicyclic) bond motifs is 1. The molecular weight excluding hydrogens is 229 g/mol. The van der Waals surface area contributed by atoms with Crippen molar-refractivity contribution in [2.45, 2.75) is 0 Å². The van der Waals surface area contributed by atoms with E-state index < -0.39 is 0 Å². The van der Waals surface area contributed by atoms with Crippen LogP contribution in [0.3, 0.4) is 0 Å². The third-order valence-corrected chi connectivity index (χ3v) is 3.10. The zero-order valence-electron chi connectivity index (χ0n) is 9.56. The van der Waals surface area contributed by atoms with Crippen LogP contribution < -0.4 is 10.6 Å². The quantitative estimate of drug-likeness (QED) is 0.730. The number of nitrogens with zero attached hydrogens (tertiary/aromatic N) is 1. The van der Waals surface area contributed by atoms with Crippen LogP contribution >= 0.6 is 0 Å². The number of rotatable bonds is 2. The van der Waals surface area contributed by atoms with Gasteiger partial charge in [0, 0.05) is 21.9 Å². The van der Waals surface area contributed by atoms with Gasteiger partial charge in [0.25, 0.3) is 0 Å². The second kappa shape index (κ2) is 4.18. The minimum atomic E-state index is -0.277. The van der Waals surface area contributed by atoms with Gasteiger partial charge in [0.15, 0.2) is 0 Å². The number of halogens is 1. The van der Waals surface area contributed by atoms with Gasteiger partial charge in [-0.05, 0) is 6.07 Å². The van der Waals surface area contributed by atoms with Crippen molar-refractivity contribution in [2.75, 3.05) is 6.54 Å². The Bertz CT molecular complexity index is 749. The van der Waals surface area contributed by atoms with Crippen molar-refractivity contribution >= 4 is 11.9 Å². The molecule has 1 aliphatic rings. The summed E-state index contributed by atoms with van der Waals surface area (Å²) in [6, 6.07) is 12.1. The summed E-state index contributed by atoms with van der Waals surface area (Å²) in [5.41, 5.74) is 1.91. The molecule has 1 aliphatic heterocycles. The van der Waals surface area contributed by atoms with Crippen molar-refractivity contribution in [1.82, 2.24) is 0 Å². The Kier molecular flexibility index (Phi) is 2.52. The number of hydrogen-bond donors (Lipinski definition) is 0. The zero-order valence-corrected chi connectivity index (χ0v) is 9.56. The fourth-order valence-electron chi connectivity index (χ4n) is 2.22. The molecule has 0 aliphatic carbocycles. The Morgan fingerprint density at radius 3 is 2.61 bits per heavy atom. The van der Waals surface area contributed by atoms with Crippen molar-refractivity contribution in [3.8, 4) is 11.1 Å². The lowest BCUT2D eigenvalue weighted by Gasteiger charge is -2.03. The summed E-state index contributed by atoms with van der Waals surface area (Å²) in [7, 11) is 0. The van der Waals surface area contributed by atoms with Crippen molar-refractivity contribution < 1.29 is 9.18 Å². The molecule has 0 fully saturated rings. The van der Waals surface area contributed by atoms with Crippen LogP contribution in [0.4, 0.5) is 4.39 Å². The number of aldehydes is 1. The lowest BCUT2D eigenvalue weighted by molar-refractivity contribution is -0.103. The topological polar surface area (TPSA) is 29.4 Å². The highest BCUT2D eigenvalue weighted by atomic mass is 19.1. The van der Waals surface area contributed by atoms with Crippen molar-refractivity contribution in [3.63, 3.8) is 0 Å². The molecule has 0 atom stereocenters. The predicted molar refractivity (Wildman–Crippen MR) is 67.0 cm³/mol. The molecule has 3 heteroatoms. The van der Waals surface area contributed by atoms with Gasteiger partial charge in [0.05, 0.1) is 11.9 Å². The second-order valence-electron chi connectivity index (χ2n) is 4.14. The third kappa shape index (κ3) is 1.56. The summed E-state index contributed by atoms with van der Waals surface area (Å²) in [6.45, 7) is 0.379. The molecule has 0 unspecified atom stereocenters. The number of carbonyl (C=O) groups is 1. The zero-order chi connectivity index (χ0) is 12.5. The first kappa shape index (κ1) is 10.8. The number of hydrogen-bond acceptors (Lipinski definition) is 2. The molecule has 0 aromatic heterocycles. The maximum absolute atomic E-state index is 13.8. The van der Waals surface area contributed by atoms with Gasteiger partial charge in [-0.15, -0.1) is 0 Å². The van der Waals surface area contributed by atoms with E-state index in [1.807, 2.05) is 18.2 Å². The molecule has 0 spiro atoms. The van der Waals surface area contributed by atoms with E-state index in [0.29, 0.717) is 23.0 Å². The molecule has 0 amide bonds. The Morgan fingerprint density at radius 2 is 1.83 bits per heavy atom. The van der Waals surface area contributed by atoms with Crippen LogP contribution in [0.2, 0.25) is 0 Å². The predicted octanol–water partition coefficient (Wildman–Crippen LogP) is 1.48. The smallest absolute Gasteiger partial charge is 0.148 e. The van der Waals surface area contributed by atoms with Crippen molar-refractivity contribution in [2.24, 2.45) is 4.99 Å². The van der Waals surface area contributed by atoms with Gasteiger partial charge in [0.1, 0.15) is 12.1 Å². The van der Waals surface area contributed by atoms with Crippen LogP contribution in [0, 0.1) is 5.82 Å². The second-order valence-corrected chi connectivity index (χ2v) is 4.14. The van der Waals surface area contributed by atoms with Gasteiger partial charge in [-0.3, -0.25) is 9.79 Å². The van der Waals surface area contributed by atoms with Gasteiger partial charge in [-0.25, -0.2) is 4.39 Å². The summed E-state index contributed by atoms with van der Waals surface area (Å²) in [5, 5.41) is 1.52. The first-order chi connectivity index (χ1) is 8.81. The first-order valence-corrected chi connectivity index (χ1v) is 5.68. The maximum atomic E-state index is 13.8. The summed E-state index contributed by atoms with van der Waals surface area (Å²) >= 11 is 0. The van der Waals surface area contributed by atoms with Crippen LogP contribution in [0.1, 0.15) is 0 Å². The molecule has 3 rings (SSSR count). The van der Waals surface area contributed by atoms with E-state index in [1.165, 1.54) is 6.07 Å². The van der Waals surface area contributed by atoms with Crippen LogP contribution in [-0.2, 0) is 4.79 Å². The highest BCUT2D eigenvalue weighted by molar-refractivity contribution is 6.00. The van der Waals surface area contributed by atoms with Crippen molar-refractivity contribution in [3.05, 3.63) is 58.9 Å². The van der Waals surface area contributed by atoms with Gasteiger partial charge < -0.3 is 0 Å². The van der Waals surface area contributed by atoms with E-state index in [4.69, 9.17) is 0 Å². The molecule has 0 radical (unpaired) electrons. The number of carbonyl (C=O) groups excluding carboxylic acids is 1. The maximum Gasteiger partial charge on any atom is 0.148 e. The minimum Gasteiger partial charge on any atom is -0.298 e. The van der Waals surface area contributed by atoms with E-state index in [1.54, 1.807) is 18.2 Å². The normalized spacial score (nSPS) is 13.1. The summed E-state index contributed by atoms with van der Waals surface area (Å²) in [5.74, 6) is -0.277. The molecule has 1 heterocycles. The van der Waals surface area contributed by atoms with E-state index in [0.717, 1.165) is 17.1 Å². The van der Waals surface area contributed by atoms with Gasteiger partial charge in [-0.1, -0.05) is 36.4 Å². The van der Waals surface area contributed by atoms with Crippen LogP contribution in [0.15, 0.2) is 47.5 Å². The molecule has 2 nitrogen and oxygen atoms in total. The molecule has 0 N–H and O–H groups in total. The summed E-state index contributed by atoms with van der Waals surface area (Å²) in [6.07, 6.45) is 0.820. The van der Waals surface area contributed by atoms with E-state index >= 15 is 0 Å². The monoisotopic (exact) mass is 239 g/mol. The third-order valence-electron chi connectivity index (χ3n) is 3.10. The van der Waals surface area contributed by atoms with Crippen LogP contribution in [0.25, 0.3) is 16.7 Å². The molecule has 18 heavy (non-hydrogen) atoms. The van der Waals surface area contributed by atoms with E-state index in [2.05, 4.69) is 4.99 Å². The Morgan fingerprint density at radius 1 is 1.06 bits per heavy atom. The summed E-state index contributed by atoms with van der Waals surface area (Å²) < 4.78 is 13.8. The van der Waals surface area contributed by atoms with Gasteiger partial charge in [-0.2, -0.15) is 0 Å². The standard InChI is InChI=1S/C15H10FNO/c16-14-7-2-1-4-12(14)13-6-3-5-11-10(9-18)8-17-15(11)13/h1-7,9H,8H2.